The van der Waals surface area contributed by atoms with Crippen LogP contribution in [0.15, 0.2) is 54.6 Å². The minimum atomic E-state index is -1.08. The zero-order valence-corrected chi connectivity index (χ0v) is 15.1. The average Bonchev–Trinajstić information content (AvgIpc) is 2.67. The second kappa shape index (κ2) is 9.91. The number of hydrazine groups is 1. The number of hydrogen-bond acceptors (Lipinski definition) is 4. The van der Waals surface area contributed by atoms with Crippen molar-refractivity contribution < 1.29 is 23.5 Å². The van der Waals surface area contributed by atoms with E-state index in [0.717, 1.165) is 5.56 Å². The summed E-state index contributed by atoms with van der Waals surface area (Å²) < 4.78 is 18.8. The first-order valence-electron chi connectivity index (χ1n) is 8.47. The van der Waals surface area contributed by atoms with Gasteiger partial charge in [0.1, 0.15) is 6.04 Å². The number of halogens is 1. The minimum Gasteiger partial charge on any atom is -0.478 e. The Balaban J connectivity index is 1.92. The van der Waals surface area contributed by atoms with Crippen LogP contribution in [0.3, 0.4) is 0 Å². The Morgan fingerprint density at radius 2 is 1.61 bits per heavy atom. The molecular weight excluding hydrogens is 367 g/mol. The molecule has 2 atom stereocenters. The number of nitrogens with one attached hydrogen (secondary N) is 3. The Morgan fingerprint density at radius 3 is 2.25 bits per heavy atom. The van der Waals surface area contributed by atoms with Crippen LogP contribution in [0.4, 0.5) is 9.18 Å². The molecule has 148 valence electrons. The van der Waals surface area contributed by atoms with Crippen molar-refractivity contribution in [2.75, 3.05) is 0 Å². The van der Waals surface area contributed by atoms with Crippen LogP contribution < -0.4 is 26.6 Å². The van der Waals surface area contributed by atoms with E-state index >= 15 is 0 Å². The van der Waals surface area contributed by atoms with Gasteiger partial charge in [0.05, 0.1) is 0 Å². The van der Waals surface area contributed by atoms with Crippen molar-refractivity contribution in [1.82, 2.24) is 16.2 Å². The van der Waals surface area contributed by atoms with E-state index in [1.54, 1.807) is 30.3 Å². The number of rotatable bonds is 7. The molecule has 0 radical (unpaired) electrons. The fourth-order valence-corrected chi connectivity index (χ4v) is 2.33. The number of benzene rings is 2. The monoisotopic (exact) mass is 388 g/mol. The highest BCUT2D eigenvalue weighted by molar-refractivity contribution is 5.89. The highest BCUT2D eigenvalue weighted by atomic mass is 19.1. The van der Waals surface area contributed by atoms with Crippen molar-refractivity contribution in [2.45, 2.75) is 25.5 Å². The quantitative estimate of drug-likeness (QED) is 0.529. The van der Waals surface area contributed by atoms with Crippen LogP contribution in [0.25, 0.3) is 0 Å². The van der Waals surface area contributed by atoms with Crippen LogP contribution in [0.5, 0.6) is 5.75 Å². The SMILES string of the molecule is CC(Oc1ccccc1F)C(=O)NNC(=O)C(Cc1ccccc1)NC(N)=O. The van der Waals surface area contributed by atoms with E-state index in [4.69, 9.17) is 10.5 Å². The minimum absolute atomic E-state index is 0.0891. The molecule has 0 aromatic heterocycles. The van der Waals surface area contributed by atoms with Crippen LogP contribution in [0, 0.1) is 5.82 Å². The zero-order valence-electron chi connectivity index (χ0n) is 15.1. The number of hydrogen-bond donors (Lipinski definition) is 4. The smallest absolute Gasteiger partial charge is 0.312 e. The molecule has 0 saturated heterocycles. The molecule has 4 amide bonds. The van der Waals surface area contributed by atoms with Crippen LogP contribution in [-0.2, 0) is 16.0 Å². The van der Waals surface area contributed by atoms with Gasteiger partial charge in [0, 0.05) is 6.42 Å². The summed E-state index contributed by atoms with van der Waals surface area (Å²) in [6, 6.07) is 12.7. The summed E-state index contributed by atoms with van der Waals surface area (Å²) >= 11 is 0. The van der Waals surface area contributed by atoms with Crippen molar-refractivity contribution in [3.8, 4) is 5.75 Å². The molecule has 0 saturated carbocycles. The van der Waals surface area contributed by atoms with Gasteiger partial charge < -0.3 is 15.8 Å². The second-order valence-electron chi connectivity index (χ2n) is 5.92. The molecule has 8 nitrogen and oxygen atoms in total. The molecule has 9 heteroatoms. The summed E-state index contributed by atoms with van der Waals surface area (Å²) in [4.78, 5) is 35.6. The van der Waals surface area contributed by atoms with Gasteiger partial charge >= 0.3 is 6.03 Å². The van der Waals surface area contributed by atoms with E-state index in [2.05, 4.69) is 16.2 Å². The molecule has 0 aliphatic rings. The first-order valence-corrected chi connectivity index (χ1v) is 8.47. The fourth-order valence-electron chi connectivity index (χ4n) is 2.33. The molecule has 5 N–H and O–H groups in total. The normalized spacial score (nSPS) is 12.4. The second-order valence-corrected chi connectivity index (χ2v) is 5.92. The van der Waals surface area contributed by atoms with Crippen molar-refractivity contribution in [1.29, 1.82) is 0 Å². The number of para-hydroxylation sites is 1. The van der Waals surface area contributed by atoms with Gasteiger partial charge in [-0.05, 0) is 24.6 Å². The highest BCUT2D eigenvalue weighted by Gasteiger charge is 2.22. The van der Waals surface area contributed by atoms with Crippen LogP contribution in [0.2, 0.25) is 0 Å². The maximum atomic E-state index is 13.6. The summed E-state index contributed by atoms with van der Waals surface area (Å²) in [5.41, 5.74) is 10.3. The molecule has 2 unspecified atom stereocenters. The molecule has 0 fully saturated rings. The van der Waals surface area contributed by atoms with E-state index in [1.165, 1.54) is 25.1 Å². The van der Waals surface area contributed by atoms with Gasteiger partial charge in [-0.1, -0.05) is 42.5 Å². The Hall–Kier alpha value is -3.62. The number of carbonyl (C=O) groups excluding carboxylic acids is 3. The van der Waals surface area contributed by atoms with Gasteiger partial charge in [-0.3, -0.25) is 20.4 Å². The Labute approximate surface area is 161 Å². The summed E-state index contributed by atoms with van der Waals surface area (Å²) in [5.74, 6) is -2.07. The lowest BCUT2D eigenvalue weighted by Crippen LogP contribution is -2.55. The fraction of sp³-hybridized carbons (Fsp3) is 0.211. The number of urea groups is 1. The van der Waals surface area contributed by atoms with Crippen molar-refractivity contribution >= 4 is 17.8 Å². The van der Waals surface area contributed by atoms with E-state index < -0.39 is 35.8 Å². The molecule has 0 aliphatic heterocycles. The number of primary amides is 1. The predicted molar refractivity (Wildman–Crippen MR) is 99.4 cm³/mol. The van der Waals surface area contributed by atoms with E-state index in [1.807, 2.05) is 6.07 Å². The van der Waals surface area contributed by atoms with Crippen molar-refractivity contribution in [2.24, 2.45) is 5.73 Å². The van der Waals surface area contributed by atoms with Gasteiger partial charge in [0.2, 0.25) is 0 Å². The van der Waals surface area contributed by atoms with Crippen LogP contribution >= 0.6 is 0 Å². The van der Waals surface area contributed by atoms with Gasteiger partial charge in [0.25, 0.3) is 11.8 Å². The van der Waals surface area contributed by atoms with Gasteiger partial charge in [-0.15, -0.1) is 0 Å². The topological polar surface area (TPSA) is 123 Å². The Kier molecular flexibility index (Phi) is 7.32. The van der Waals surface area contributed by atoms with Crippen LogP contribution in [0.1, 0.15) is 12.5 Å². The number of nitrogens with two attached hydrogens (primary N) is 1. The first kappa shape index (κ1) is 20.7. The molecule has 0 heterocycles. The number of carbonyl (C=O) groups is 3. The zero-order chi connectivity index (χ0) is 20.5. The highest BCUT2D eigenvalue weighted by Crippen LogP contribution is 2.16. The first-order chi connectivity index (χ1) is 13.4. The maximum Gasteiger partial charge on any atom is 0.312 e. The molecule has 0 spiro atoms. The third-order valence-electron chi connectivity index (χ3n) is 3.73. The lowest BCUT2D eigenvalue weighted by molar-refractivity contribution is -0.133. The van der Waals surface area contributed by atoms with Gasteiger partial charge in [-0.2, -0.15) is 0 Å². The molecular formula is C19H21FN4O4. The summed E-state index contributed by atoms with van der Waals surface area (Å²) in [6.07, 6.45) is -0.902. The third-order valence-corrected chi connectivity index (χ3v) is 3.73. The summed E-state index contributed by atoms with van der Waals surface area (Å²) in [6.45, 7) is 1.40. The largest absolute Gasteiger partial charge is 0.478 e. The lowest BCUT2D eigenvalue weighted by Gasteiger charge is -2.19. The molecule has 2 aromatic rings. The molecule has 0 aliphatic carbocycles. The summed E-state index contributed by atoms with van der Waals surface area (Å²) in [5, 5.41) is 2.32. The molecule has 0 bridgehead atoms. The Bertz CT molecular complexity index is 832. The molecule has 2 aromatic carbocycles. The lowest BCUT2D eigenvalue weighted by atomic mass is 10.1. The van der Waals surface area contributed by atoms with Crippen molar-refractivity contribution in [3.05, 3.63) is 66.0 Å². The van der Waals surface area contributed by atoms with Gasteiger partial charge in [-0.25, -0.2) is 9.18 Å². The number of ether oxygens (including phenoxy) is 1. The number of amides is 4. The summed E-state index contributed by atoms with van der Waals surface area (Å²) in [7, 11) is 0. The maximum absolute atomic E-state index is 13.6. The van der Waals surface area contributed by atoms with E-state index in [0.29, 0.717) is 0 Å². The molecule has 28 heavy (non-hydrogen) atoms. The predicted octanol–water partition coefficient (Wildman–Crippen LogP) is 1.02. The molecule has 2 rings (SSSR count). The third kappa shape index (κ3) is 6.27. The average molecular weight is 388 g/mol. The van der Waals surface area contributed by atoms with Crippen LogP contribution in [-0.4, -0.2) is 30.0 Å². The van der Waals surface area contributed by atoms with Gasteiger partial charge in [0.15, 0.2) is 17.7 Å². The van der Waals surface area contributed by atoms with E-state index in [-0.39, 0.29) is 12.2 Å². The van der Waals surface area contributed by atoms with E-state index in [9.17, 15) is 18.8 Å². The Morgan fingerprint density at radius 1 is 1.00 bits per heavy atom. The van der Waals surface area contributed by atoms with Crippen molar-refractivity contribution in [3.63, 3.8) is 0 Å². The standard InChI is InChI=1S/C19H21FN4O4/c1-12(28-16-10-6-5-9-14(16)20)17(25)23-24-18(26)15(22-19(21)27)11-13-7-3-2-4-8-13/h2-10,12,15H,11H2,1H3,(H,23,25)(H,24,26)(H3,21,22,27).